The van der Waals surface area contributed by atoms with Crippen LogP contribution in [0.4, 0.5) is 0 Å². The molecule has 0 unspecified atom stereocenters. The Labute approximate surface area is 114 Å². The van der Waals surface area contributed by atoms with Gasteiger partial charge in [0.25, 0.3) is 0 Å². The highest BCUT2D eigenvalue weighted by molar-refractivity contribution is 7.07. The number of rotatable bonds is 4. The lowest BCUT2D eigenvalue weighted by Gasteiger charge is -1.95. The Morgan fingerprint density at radius 3 is 2.21 bits per heavy atom. The number of thiophene rings is 1. The highest BCUT2D eigenvalue weighted by Gasteiger charge is 2.31. The molecule has 1 aromatic heterocycles. The standard InChI is InChI=1S/C14H14O4S/c15-13(9-1-2-9)17-7-11-5-6-19-12(11)8-18-14(16)10-3-4-10/h5-10H,1-4H2. The van der Waals surface area contributed by atoms with Crippen LogP contribution in [0.1, 0.15) is 25.7 Å². The Balaban J connectivity index is 1.69. The lowest BCUT2D eigenvalue weighted by molar-refractivity contribution is -0.138. The first-order valence-corrected chi connectivity index (χ1v) is 7.27. The van der Waals surface area contributed by atoms with Crippen molar-refractivity contribution in [3.8, 4) is 0 Å². The summed E-state index contributed by atoms with van der Waals surface area (Å²) < 4.78 is 11.0. The maximum atomic E-state index is 11.4. The number of hydrogen-bond acceptors (Lipinski definition) is 5. The van der Waals surface area contributed by atoms with Gasteiger partial charge in [0.1, 0.15) is 12.5 Å². The molecule has 5 heteroatoms. The summed E-state index contributed by atoms with van der Waals surface area (Å²) in [5.41, 5.74) is 0. The van der Waals surface area contributed by atoms with Crippen molar-refractivity contribution in [3.63, 3.8) is 0 Å². The van der Waals surface area contributed by atoms with Gasteiger partial charge in [-0.15, -0.1) is 11.3 Å². The second-order valence-electron chi connectivity index (χ2n) is 4.90. The fourth-order valence-electron chi connectivity index (χ4n) is 1.59. The Kier molecular flexibility index (Phi) is 3.38. The van der Waals surface area contributed by atoms with Gasteiger partial charge in [-0.3, -0.25) is 9.59 Å². The molecule has 1 aromatic rings. The summed E-state index contributed by atoms with van der Waals surface area (Å²) in [5, 5.41) is 2.63. The number of ether oxygens (including phenoxy) is 2. The summed E-state index contributed by atoms with van der Waals surface area (Å²) in [6.07, 6.45) is 6.59. The molecule has 0 N–H and O–H groups in total. The molecule has 3 rings (SSSR count). The van der Waals surface area contributed by atoms with Crippen molar-refractivity contribution < 1.29 is 19.1 Å². The Morgan fingerprint density at radius 1 is 1.05 bits per heavy atom. The summed E-state index contributed by atoms with van der Waals surface area (Å²) in [6, 6.07) is 1.83. The number of carbonyl (C=O) groups is 2. The maximum absolute atomic E-state index is 11.4. The van der Waals surface area contributed by atoms with Crippen LogP contribution in [0.3, 0.4) is 0 Å². The molecule has 0 aromatic carbocycles. The summed E-state index contributed by atoms with van der Waals surface area (Å²) in [6.45, 7) is 0. The summed E-state index contributed by atoms with van der Waals surface area (Å²) in [5.74, 6) is -0.187. The monoisotopic (exact) mass is 278 g/mol. The van der Waals surface area contributed by atoms with Crippen molar-refractivity contribution in [2.45, 2.75) is 25.7 Å². The van der Waals surface area contributed by atoms with E-state index in [2.05, 4.69) is 0 Å². The second kappa shape index (κ2) is 5.17. The van der Waals surface area contributed by atoms with E-state index in [9.17, 15) is 9.59 Å². The van der Waals surface area contributed by atoms with Gasteiger partial charge in [-0.05, 0) is 37.1 Å². The molecule has 2 fully saturated rings. The molecule has 0 aliphatic heterocycles. The van der Waals surface area contributed by atoms with Crippen molar-refractivity contribution >= 4 is 35.8 Å². The third kappa shape index (κ3) is 3.23. The molecule has 2 aliphatic carbocycles. The Morgan fingerprint density at radius 2 is 1.63 bits per heavy atom. The number of esters is 2. The normalized spacial score (nSPS) is 20.4. The number of hydrogen-bond donors (Lipinski definition) is 0. The minimum absolute atomic E-state index is 0.0787. The van der Waals surface area contributed by atoms with Gasteiger partial charge in [-0.1, -0.05) is 0 Å². The van der Waals surface area contributed by atoms with Gasteiger partial charge >= 0.3 is 11.9 Å². The van der Waals surface area contributed by atoms with Crippen LogP contribution in [0, 0.1) is 11.8 Å². The fraction of sp³-hybridized carbons (Fsp3) is 0.429. The van der Waals surface area contributed by atoms with Gasteiger partial charge in [0, 0.05) is 5.22 Å². The van der Waals surface area contributed by atoms with Crippen LogP contribution in [-0.2, 0) is 19.1 Å². The third-order valence-electron chi connectivity index (χ3n) is 3.13. The predicted molar refractivity (Wildman–Crippen MR) is 70.1 cm³/mol. The summed E-state index contributed by atoms with van der Waals surface area (Å²) >= 11 is 1.44. The molecule has 0 spiro atoms. The summed E-state index contributed by atoms with van der Waals surface area (Å²) in [7, 11) is 0. The van der Waals surface area contributed by atoms with Crippen LogP contribution in [0.5, 0.6) is 0 Å². The Hall–Kier alpha value is -1.62. The minimum atomic E-state index is -0.174. The van der Waals surface area contributed by atoms with Crippen molar-refractivity contribution in [3.05, 3.63) is 21.2 Å². The highest BCUT2D eigenvalue weighted by atomic mass is 32.1. The average molecular weight is 278 g/mol. The SMILES string of the molecule is O=C(OC=c1ccsc1=COC(=O)C1CC1)C1CC1. The molecule has 19 heavy (non-hydrogen) atoms. The molecule has 2 aliphatic rings. The average Bonchev–Trinajstić information content (AvgIpc) is 3.29. The topological polar surface area (TPSA) is 52.6 Å². The van der Waals surface area contributed by atoms with E-state index in [4.69, 9.17) is 9.47 Å². The van der Waals surface area contributed by atoms with Crippen LogP contribution >= 0.6 is 11.3 Å². The van der Waals surface area contributed by atoms with E-state index < -0.39 is 0 Å². The molecule has 0 amide bonds. The van der Waals surface area contributed by atoms with Crippen molar-refractivity contribution in [1.29, 1.82) is 0 Å². The van der Waals surface area contributed by atoms with Crippen molar-refractivity contribution in [2.24, 2.45) is 11.8 Å². The quantitative estimate of drug-likeness (QED) is 0.775. The van der Waals surface area contributed by atoms with E-state index in [1.165, 1.54) is 23.9 Å². The zero-order valence-corrected chi connectivity index (χ0v) is 11.2. The van der Waals surface area contributed by atoms with Gasteiger partial charge in [0.15, 0.2) is 0 Å². The lowest BCUT2D eigenvalue weighted by Crippen LogP contribution is -2.20. The smallest absolute Gasteiger partial charge is 0.313 e. The van der Waals surface area contributed by atoms with Gasteiger partial charge in [-0.25, -0.2) is 0 Å². The first-order valence-electron chi connectivity index (χ1n) is 6.39. The number of carbonyl (C=O) groups excluding carboxylic acids is 2. The van der Waals surface area contributed by atoms with E-state index in [0.717, 1.165) is 35.4 Å². The molecule has 0 atom stereocenters. The molecule has 0 saturated heterocycles. The van der Waals surface area contributed by atoms with Crippen LogP contribution in [0.15, 0.2) is 11.4 Å². The lowest BCUT2D eigenvalue weighted by atomic mass is 10.4. The van der Waals surface area contributed by atoms with Crippen molar-refractivity contribution in [2.75, 3.05) is 0 Å². The Bertz CT molecular complexity index is 555. The van der Waals surface area contributed by atoms with Crippen LogP contribution < -0.4 is 9.75 Å². The van der Waals surface area contributed by atoms with Gasteiger partial charge in [0.2, 0.25) is 0 Å². The molecule has 0 radical (unpaired) electrons. The van der Waals surface area contributed by atoms with Crippen molar-refractivity contribution in [1.82, 2.24) is 0 Å². The zero-order valence-electron chi connectivity index (χ0n) is 10.3. The summed E-state index contributed by atoms with van der Waals surface area (Å²) in [4.78, 5) is 22.9. The molecule has 2 saturated carbocycles. The second-order valence-corrected chi connectivity index (χ2v) is 5.85. The fourth-order valence-corrected chi connectivity index (χ4v) is 2.30. The van der Waals surface area contributed by atoms with E-state index in [1.807, 2.05) is 11.4 Å². The molecular weight excluding hydrogens is 264 g/mol. The van der Waals surface area contributed by atoms with Crippen LogP contribution in [-0.4, -0.2) is 11.9 Å². The predicted octanol–water partition coefficient (Wildman–Crippen LogP) is 1.13. The van der Waals surface area contributed by atoms with Gasteiger partial charge in [0.05, 0.1) is 16.4 Å². The highest BCUT2D eigenvalue weighted by Crippen LogP contribution is 2.30. The first kappa shape index (κ1) is 12.4. The molecular formula is C14H14O4S. The van der Waals surface area contributed by atoms with Gasteiger partial charge < -0.3 is 9.47 Å². The maximum Gasteiger partial charge on any atom is 0.313 e. The molecule has 100 valence electrons. The third-order valence-corrected chi connectivity index (χ3v) is 3.99. The molecule has 4 nitrogen and oxygen atoms in total. The van der Waals surface area contributed by atoms with Crippen LogP contribution in [0.25, 0.3) is 12.5 Å². The van der Waals surface area contributed by atoms with Gasteiger partial charge in [-0.2, -0.15) is 0 Å². The zero-order chi connectivity index (χ0) is 13.2. The van der Waals surface area contributed by atoms with E-state index in [0.29, 0.717) is 0 Å². The molecule has 0 bridgehead atoms. The first-order chi connectivity index (χ1) is 9.24. The minimum Gasteiger partial charge on any atom is -0.434 e. The molecule has 1 heterocycles. The van der Waals surface area contributed by atoms with E-state index in [1.54, 1.807) is 0 Å². The largest absolute Gasteiger partial charge is 0.434 e. The van der Waals surface area contributed by atoms with Crippen LogP contribution in [0.2, 0.25) is 0 Å². The van der Waals surface area contributed by atoms with E-state index >= 15 is 0 Å². The van der Waals surface area contributed by atoms with E-state index in [-0.39, 0.29) is 23.8 Å².